The molecule has 0 atom stereocenters. The second-order valence-corrected chi connectivity index (χ2v) is 6.97. The zero-order chi connectivity index (χ0) is 14.5. The first-order valence-corrected chi connectivity index (χ1v) is 8.59. The highest BCUT2D eigenvalue weighted by atomic mass is 16.1. The number of hydrogen-bond acceptors (Lipinski definition) is 3. The van der Waals surface area contributed by atoms with Gasteiger partial charge in [-0.15, -0.1) is 0 Å². The molecule has 0 unspecified atom stereocenters. The van der Waals surface area contributed by atoms with Gasteiger partial charge in [0.1, 0.15) is 5.78 Å². The lowest BCUT2D eigenvalue weighted by Gasteiger charge is -2.38. The van der Waals surface area contributed by atoms with Crippen LogP contribution >= 0.6 is 0 Å². The highest BCUT2D eigenvalue weighted by molar-refractivity contribution is 5.80. The van der Waals surface area contributed by atoms with E-state index in [-0.39, 0.29) is 0 Å². The minimum atomic E-state index is 0.360. The van der Waals surface area contributed by atoms with Crippen LogP contribution < -0.4 is 0 Å². The van der Waals surface area contributed by atoms with E-state index in [0.29, 0.717) is 17.7 Å². The lowest BCUT2D eigenvalue weighted by Crippen LogP contribution is -2.43. The van der Waals surface area contributed by atoms with Gasteiger partial charge in [-0.2, -0.15) is 0 Å². The van der Waals surface area contributed by atoms with Crippen molar-refractivity contribution >= 4 is 5.78 Å². The molecule has 0 aromatic carbocycles. The van der Waals surface area contributed by atoms with Crippen molar-refractivity contribution < 1.29 is 4.79 Å². The Bertz CT molecular complexity index is 300. The van der Waals surface area contributed by atoms with Crippen LogP contribution in [0.5, 0.6) is 0 Å². The summed E-state index contributed by atoms with van der Waals surface area (Å²) in [6.45, 7) is 12.7. The topological polar surface area (TPSA) is 23.6 Å². The van der Waals surface area contributed by atoms with E-state index < -0.39 is 0 Å². The van der Waals surface area contributed by atoms with Gasteiger partial charge >= 0.3 is 0 Å². The molecule has 0 saturated carbocycles. The van der Waals surface area contributed by atoms with Crippen molar-refractivity contribution in [2.24, 2.45) is 11.8 Å². The Morgan fingerprint density at radius 3 is 2.15 bits per heavy atom. The molecule has 3 heteroatoms. The van der Waals surface area contributed by atoms with Gasteiger partial charge in [0.05, 0.1) is 0 Å². The summed E-state index contributed by atoms with van der Waals surface area (Å²) in [4.78, 5) is 16.9. The van der Waals surface area contributed by atoms with Gasteiger partial charge in [-0.05, 0) is 71.6 Å². The molecule has 2 aliphatic heterocycles. The largest absolute Gasteiger partial charge is 0.303 e. The fraction of sp³-hybridized carbons (Fsp3) is 0.941. The highest BCUT2D eigenvalue weighted by Crippen LogP contribution is 2.24. The number of nitrogens with zero attached hydrogens (tertiary/aromatic N) is 2. The number of ketones is 1. The molecule has 0 aliphatic carbocycles. The SMILES string of the molecule is CCC(=O)C1CCN(CC2CCN(C(C)C)CC2)CC1. The lowest BCUT2D eigenvalue weighted by molar-refractivity contribution is -0.124. The van der Waals surface area contributed by atoms with Crippen molar-refractivity contribution in [3.8, 4) is 0 Å². The zero-order valence-electron chi connectivity index (χ0n) is 13.6. The molecule has 0 aromatic rings. The van der Waals surface area contributed by atoms with Crippen LogP contribution in [0.4, 0.5) is 0 Å². The number of carbonyl (C=O) groups excluding carboxylic acids is 1. The molecular formula is C17H32N2O. The molecule has 0 aromatic heterocycles. The summed E-state index contributed by atoms with van der Waals surface area (Å²) in [5.74, 6) is 1.72. The minimum absolute atomic E-state index is 0.360. The fourth-order valence-corrected chi connectivity index (χ4v) is 3.74. The van der Waals surface area contributed by atoms with E-state index >= 15 is 0 Å². The summed E-state index contributed by atoms with van der Waals surface area (Å²) < 4.78 is 0. The van der Waals surface area contributed by atoms with E-state index in [0.717, 1.165) is 38.3 Å². The molecular weight excluding hydrogens is 248 g/mol. The smallest absolute Gasteiger partial charge is 0.135 e. The summed E-state index contributed by atoms with van der Waals surface area (Å²) in [5, 5.41) is 0. The Balaban J connectivity index is 1.68. The average molecular weight is 280 g/mol. The quantitative estimate of drug-likeness (QED) is 0.773. The lowest BCUT2D eigenvalue weighted by atomic mass is 9.89. The van der Waals surface area contributed by atoms with E-state index in [1.165, 1.54) is 32.5 Å². The van der Waals surface area contributed by atoms with E-state index in [4.69, 9.17) is 0 Å². The molecule has 116 valence electrons. The maximum absolute atomic E-state index is 11.7. The Labute approximate surface area is 124 Å². The fourth-order valence-electron chi connectivity index (χ4n) is 3.74. The number of rotatable bonds is 5. The van der Waals surface area contributed by atoms with Gasteiger partial charge in [0.15, 0.2) is 0 Å². The average Bonchev–Trinajstić information content (AvgIpc) is 2.48. The standard InChI is InChI=1S/C17H32N2O/c1-4-17(20)16-7-9-18(10-8-16)13-15-5-11-19(12-6-15)14(2)3/h14-16H,4-13H2,1-3H3. The molecule has 2 heterocycles. The van der Waals surface area contributed by atoms with Gasteiger partial charge in [0.25, 0.3) is 0 Å². The van der Waals surface area contributed by atoms with Crippen LogP contribution in [0, 0.1) is 11.8 Å². The molecule has 0 spiro atoms. The van der Waals surface area contributed by atoms with Gasteiger partial charge in [0.2, 0.25) is 0 Å². The summed E-state index contributed by atoms with van der Waals surface area (Å²) >= 11 is 0. The van der Waals surface area contributed by atoms with Gasteiger partial charge in [-0.3, -0.25) is 4.79 Å². The van der Waals surface area contributed by atoms with Crippen LogP contribution in [0.15, 0.2) is 0 Å². The van der Waals surface area contributed by atoms with Crippen molar-refractivity contribution in [1.82, 2.24) is 9.80 Å². The first kappa shape index (κ1) is 16.0. The first-order valence-electron chi connectivity index (χ1n) is 8.59. The predicted octanol–water partition coefficient (Wildman–Crippen LogP) is 2.80. The van der Waals surface area contributed by atoms with Crippen LogP contribution in [0.25, 0.3) is 0 Å². The molecule has 0 N–H and O–H groups in total. The van der Waals surface area contributed by atoms with Crippen LogP contribution in [-0.2, 0) is 4.79 Å². The molecule has 2 fully saturated rings. The molecule has 0 amide bonds. The number of likely N-dealkylation sites (tertiary alicyclic amines) is 2. The number of piperidine rings is 2. The second kappa shape index (κ2) is 7.56. The Kier molecular flexibility index (Phi) is 6.03. The predicted molar refractivity (Wildman–Crippen MR) is 83.9 cm³/mol. The molecule has 20 heavy (non-hydrogen) atoms. The summed E-state index contributed by atoms with van der Waals surface area (Å²) in [6, 6.07) is 0.701. The van der Waals surface area contributed by atoms with Crippen molar-refractivity contribution in [3.63, 3.8) is 0 Å². The van der Waals surface area contributed by atoms with Crippen LogP contribution in [0.3, 0.4) is 0 Å². The maximum atomic E-state index is 11.7. The molecule has 2 saturated heterocycles. The van der Waals surface area contributed by atoms with Gasteiger partial charge < -0.3 is 9.80 Å². The van der Waals surface area contributed by atoms with E-state index in [2.05, 4.69) is 23.6 Å². The summed E-state index contributed by atoms with van der Waals surface area (Å²) in [5.41, 5.74) is 0. The van der Waals surface area contributed by atoms with Crippen LogP contribution in [0.1, 0.15) is 52.9 Å². The van der Waals surface area contributed by atoms with Crippen LogP contribution in [-0.4, -0.2) is 54.3 Å². The third-order valence-corrected chi connectivity index (χ3v) is 5.29. The zero-order valence-corrected chi connectivity index (χ0v) is 13.6. The third-order valence-electron chi connectivity index (χ3n) is 5.29. The van der Waals surface area contributed by atoms with Gasteiger partial charge in [-0.1, -0.05) is 6.92 Å². The monoisotopic (exact) mass is 280 g/mol. The molecule has 3 nitrogen and oxygen atoms in total. The molecule has 0 radical (unpaired) electrons. The third kappa shape index (κ3) is 4.29. The number of Topliss-reactive ketones (excluding diaryl/α,β-unsaturated/α-hetero) is 1. The van der Waals surface area contributed by atoms with E-state index in [1.54, 1.807) is 0 Å². The normalized spacial score (nSPS) is 24.4. The van der Waals surface area contributed by atoms with E-state index in [1.807, 2.05) is 6.92 Å². The Morgan fingerprint density at radius 2 is 1.65 bits per heavy atom. The van der Waals surface area contributed by atoms with Gasteiger partial charge in [0, 0.05) is 24.9 Å². The second-order valence-electron chi connectivity index (χ2n) is 6.97. The highest BCUT2D eigenvalue weighted by Gasteiger charge is 2.27. The minimum Gasteiger partial charge on any atom is -0.303 e. The Morgan fingerprint density at radius 1 is 1.05 bits per heavy atom. The number of carbonyl (C=O) groups is 1. The van der Waals surface area contributed by atoms with Crippen molar-refractivity contribution in [2.45, 2.75) is 58.9 Å². The number of hydrogen-bond donors (Lipinski definition) is 0. The molecule has 2 rings (SSSR count). The van der Waals surface area contributed by atoms with Crippen molar-refractivity contribution in [2.75, 3.05) is 32.7 Å². The molecule has 0 bridgehead atoms. The maximum Gasteiger partial charge on any atom is 0.135 e. The summed E-state index contributed by atoms with van der Waals surface area (Å²) in [7, 11) is 0. The Hall–Kier alpha value is -0.410. The first-order chi connectivity index (χ1) is 9.60. The van der Waals surface area contributed by atoms with Crippen molar-refractivity contribution in [3.05, 3.63) is 0 Å². The summed E-state index contributed by atoms with van der Waals surface area (Å²) in [6.07, 6.45) is 5.62. The van der Waals surface area contributed by atoms with Crippen LogP contribution in [0.2, 0.25) is 0 Å². The molecule has 2 aliphatic rings. The van der Waals surface area contributed by atoms with E-state index in [9.17, 15) is 4.79 Å². The van der Waals surface area contributed by atoms with Crippen molar-refractivity contribution in [1.29, 1.82) is 0 Å². The van der Waals surface area contributed by atoms with Gasteiger partial charge in [-0.25, -0.2) is 0 Å².